The average Bonchev–Trinajstić information content (AvgIpc) is 2.82. The summed E-state index contributed by atoms with van der Waals surface area (Å²) in [6, 6.07) is 14.7. The maximum absolute atomic E-state index is 11.7. The number of nitrogens with one attached hydrogen (secondary N) is 2. The zero-order valence-electron chi connectivity index (χ0n) is 18.7. The Morgan fingerprint density at radius 2 is 1.85 bits per heavy atom. The molecule has 1 aromatic carbocycles. The van der Waals surface area contributed by atoms with E-state index in [4.69, 9.17) is 5.73 Å². The predicted octanol–water partition coefficient (Wildman–Crippen LogP) is 3.13. The molecule has 2 aromatic heterocycles. The minimum absolute atomic E-state index is 0.0596. The molecule has 173 valence electrons. The number of anilines is 2. The van der Waals surface area contributed by atoms with Crippen LogP contribution in [-0.2, 0) is 21.8 Å². The minimum Gasteiger partial charge on any atom is -0.382 e. The van der Waals surface area contributed by atoms with Crippen molar-refractivity contribution in [1.29, 1.82) is 5.26 Å². The summed E-state index contributed by atoms with van der Waals surface area (Å²) < 4.78 is 0. The van der Waals surface area contributed by atoms with Crippen molar-refractivity contribution in [3.05, 3.63) is 66.3 Å². The number of hydrogen-bond donors (Lipinski definition) is 3. The second kappa shape index (κ2) is 11.8. The van der Waals surface area contributed by atoms with Gasteiger partial charge in [-0.3, -0.25) is 14.6 Å². The lowest BCUT2D eigenvalue weighted by Gasteiger charge is -2.10. The van der Waals surface area contributed by atoms with Gasteiger partial charge in [0.05, 0.1) is 11.4 Å². The summed E-state index contributed by atoms with van der Waals surface area (Å²) in [5, 5.41) is 15.4. The van der Waals surface area contributed by atoms with Gasteiger partial charge in [0.25, 0.3) is 0 Å². The van der Waals surface area contributed by atoms with Crippen molar-refractivity contribution < 1.29 is 9.59 Å². The van der Waals surface area contributed by atoms with Crippen LogP contribution in [0, 0.1) is 18.3 Å². The maximum atomic E-state index is 11.7. The topological polar surface area (TPSA) is 147 Å². The van der Waals surface area contributed by atoms with Crippen LogP contribution in [0.15, 0.2) is 47.6 Å². The lowest BCUT2D eigenvalue weighted by atomic mass is 10.1. The van der Waals surface area contributed by atoms with Gasteiger partial charge in [-0.15, -0.1) is 0 Å². The molecule has 34 heavy (non-hydrogen) atoms. The smallest absolute Gasteiger partial charge is 0.221 e. The third-order valence-electron chi connectivity index (χ3n) is 4.65. The van der Waals surface area contributed by atoms with E-state index in [1.54, 1.807) is 24.3 Å². The second-order valence-corrected chi connectivity index (χ2v) is 8.19. The number of aromatic nitrogens is 3. The zero-order valence-corrected chi connectivity index (χ0v) is 19.5. The number of thioether (sulfide) groups is 1. The van der Waals surface area contributed by atoms with Gasteiger partial charge in [-0.05, 0) is 37.6 Å². The van der Waals surface area contributed by atoms with Crippen LogP contribution in [0.4, 0.5) is 11.5 Å². The van der Waals surface area contributed by atoms with Crippen LogP contribution in [0.5, 0.6) is 0 Å². The van der Waals surface area contributed by atoms with Gasteiger partial charge in [-0.1, -0.05) is 30.0 Å². The van der Waals surface area contributed by atoms with Gasteiger partial charge in [-0.2, -0.15) is 5.26 Å². The maximum Gasteiger partial charge on any atom is 0.221 e. The van der Waals surface area contributed by atoms with E-state index < -0.39 is 0 Å². The highest BCUT2D eigenvalue weighted by molar-refractivity contribution is 7.98. The number of pyridine rings is 1. The Bertz CT molecular complexity index is 1220. The van der Waals surface area contributed by atoms with Gasteiger partial charge in [0.15, 0.2) is 5.16 Å². The van der Waals surface area contributed by atoms with Crippen molar-refractivity contribution in [1.82, 2.24) is 20.3 Å². The molecule has 0 aliphatic carbocycles. The number of rotatable bonds is 9. The standard InChI is InChI=1S/C24H24N7O2S/c1-3-27-21(33)12-11-17-5-4-6-19(29-17)14-34-24-30-22(20(13-25)23(26)31-24)16-7-9-18(10-8-16)28-15(2)32/h4-10H,1,3,11-12,14H2,2H3,(H,27,33)(H,28,32)(H2,26,30,31). The Labute approximate surface area is 202 Å². The number of carbonyl (C=O) groups is 2. The SMILES string of the molecule is [CH2]CNC(=O)CCc1cccc(CSc2nc(N)c(C#N)c(-c3ccc(NC(C)=O)cc3)n2)n1. The fraction of sp³-hybridized carbons (Fsp3) is 0.208. The van der Waals surface area contributed by atoms with E-state index in [1.807, 2.05) is 18.2 Å². The van der Waals surface area contributed by atoms with Gasteiger partial charge >= 0.3 is 0 Å². The number of nitrogen functional groups attached to an aromatic ring is 1. The second-order valence-electron chi connectivity index (χ2n) is 7.24. The quantitative estimate of drug-likeness (QED) is 0.317. The Kier molecular flexibility index (Phi) is 8.54. The molecule has 10 heteroatoms. The van der Waals surface area contributed by atoms with Gasteiger partial charge in [0.1, 0.15) is 17.5 Å². The molecule has 0 bridgehead atoms. The first-order chi connectivity index (χ1) is 16.4. The van der Waals surface area contributed by atoms with Crippen molar-refractivity contribution in [2.45, 2.75) is 30.7 Å². The van der Waals surface area contributed by atoms with Crippen molar-refractivity contribution >= 4 is 35.1 Å². The average molecular weight is 475 g/mol. The molecule has 0 saturated carbocycles. The third-order valence-corrected chi connectivity index (χ3v) is 5.53. The molecule has 3 rings (SSSR count). The molecule has 0 atom stereocenters. The van der Waals surface area contributed by atoms with Gasteiger partial charge in [0, 0.05) is 42.6 Å². The van der Waals surface area contributed by atoms with Crippen LogP contribution >= 0.6 is 11.8 Å². The molecule has 0 saturated heterocycles. The summed E-state index contributed by atoms with van der Waals surface area (Å²) in [7, 11) is 0. The minimum atomic E-state index is -0.172. The normalized spacial score (nSPS) is 10.4. The van der Waals surface area contributed by atoms with Crippen LogP contribution in [0.1, 0.15) is 30.3 Å². The number of nitrogens with two attached hydrogens (primary N) is 1. The monoisotopic (exact) mass is 474 g/mol. The van der Waals surface area contributed by atoms with E-state index in [0.29, 0.717) is 47.2 Å². The summed E-state index contributed by atoms with van der Waals surface area (Å²) >= 11 is 1.35. The number of carbonyl (C=O) groups excluding carboxylic acids is 2. The van der Waals surface area contributed by atoms with Crippen molar-refractivity contribution in [3.63, 3.8) is 0 Å². The van der Waals surface area contributed by atoms with Gasteiger partial charge in [-0.25, -0.2) is 9.97 Å². The number of benzene rings is 1. The van der Waals surface area contributed by atoms with E-state index in [1.165, 1.54) is 18.7 Å². The molecule has 0 unspecified atom stereocenters. The lowest BCUT2D eigenvalue weighted by molar-refractivity contribution is -0.120. The molecule has 0 aliphatic heterocycles. The van der Waals surface area contributed by atoms with Crippen LogP contribution < -0.4 is 16.4 Å². The van der Waals surface area contributed by atoms with Crippen LogP contribution in [0.3, 0.4) is 0 Å². The van der Waals surface area contributed by atoms with Crippen LogP contribution in [0.2, 0.25) is 0 Å². The number of aryl methyl sites for hydroxylation is 1. The molecule has 0 spiro atoms. The van der Waals surface area contributed by atoms with E-state index in [0.717, 1.165) is 11.4 Å². The van der Waals surface area contributed by atoms with E-state index in [2.05, 4.69) is 38.6 Å². The number of hydrogen-bond acceptors (Lipinski definition) is 8. The molecule has 4 N–H and O–H groups in total. The lowest BCUT2D eigenvalue weighted by Crippen LogP contribution is -2.23. The molecule has 3 aromatic rings. The van der Waals surface area contributed by atoms with Crippen molar-refractivity contribution in [2.75, 3.05) is 17.6 Å². The number of nitriles is 1. The van der Waals surface area contributed by atoms with Gasteiger partial charge in [0.2, 0.25) is 11.8 Å². The summed E-state index contributed by atoms with van der Waals surface area (Å²) in [6.45, 7) is 5.39. The molecule has 2 heterocycles. The Morgan fingerprint density at radius 3 is 2.53 bits per heavy atom. The fourth-order valence-corrected chi connectivity index (χ4v) is 3.87. The first-order valence-corrected chi connectivity index (χ1v) is 11.5. The molecular formula is C24H24N7O2S. The van der Waals surface area contributed by atoms with Crippen LogP contribution in [-0.4, -0.2) is 33.3 Å². The molecule has 0 fully saturated rings. The first-order valence-electron chi connectivity index (χ1n) is 10.5. The number of nitrogens with zero attached hydrogens (tertiary/aromatic N) is 4. The summed E-state index contributed by atoms with van der Waals surface area (Å²) in [4.78, 5) is 36.3. The fourth-order valence-electron chi connectivity index (χ4n) is 3.11. The first kappa shape index (κ1) is 24.7. The largest absolute Gasteiger partial charge is 0.382 e. The molecule has 0 aliphatic rings. The summed E-state index contributed by atoms with van der Waals surface area (Å²) in [5.41, 5.74) is 9.62. The van der Waals surface area contributed by atoms with Gasteiger partial charge < -0.3 is 16.4 Å². The zero-order chi connectivity index (χ0) is 24.5. The van der Waals surface area contributed by atoms with Crippen molar-refractivity contribution in [3.8, 4) is 17.3 Å². The predicted molar refractivity (Wildman–Crippen MR) is 131 cm³/mol. The van der Waals surface area contributed by atoms with Crippen molar-refractivity contribution in [2.24, 2.45) is 0 Å². The molecule has 2 amide bonds. The van der Waals surface area contributed by atoms with E-state index >= 15 is 0 Å². The van der Waals surface area contributed by atoms with E-state index in [9.17, 15) is 14.9 Å². The molecule has 1 radical (unpaired) electrons. The highest BCUT2D eigenvalue weighted by Gasteiger charge is 2.15. The highest BCUT2D eigenvalue weighted by atomic mass is 32.2. The Morgan fingerprint density at radius 1 is 1.12 bits per heavy atom. The van der Waals surface area contributed by atoms with Crippen LogP contribution in [0.25, 0.3) is 11.3 Å². The number of amides is 2. The molecular weight excluding hydrogens is 450 g/mol. The third kappa shape index (κ3) is 6.76. The summed E-state index contributed by atoms with van der Waals surface area (Å²) in [5.74, 6) is 0.356. The Balaban J connectivity index is 1.76. The Hall–Kier alpha value is -3.97. The highest BCUT2D eigenvalue weighted by Crippen LogP contribution is 2.29. The molecule has 9 nitrogen and oxygen atoms in total. The van der Waals surface area contributed by atoms with E-state index in [-0.39, 0.29) is 23.2 Å². The summed E-state index contributed by atoms with van der Waals surface area (Å²) in [6.07, 6.45) is 0.877.